The fraction of sp³-hybridized carbons (Fsp3) is 0.571. The van der Waals surface area contributed by atoms with Crippen LogP contribution in [0.1, 0.15) is 49.9 Å². The maximum atomic E-state index is 12.3. The van der Waals surface area contributed by atoms with Gasteiger partial charge in [0.1, 0.15) is 5.82 Å². The number of H-pyrrole nitrogens is 1. The van der Waals surface area contributed by atoms with Gasteiger partial charge in [0.15, 0.2) is 0 Å². The molecule has 1 N–H and O–H groups in total. The molecule has 2 aliphatic rings. The van der Waals surface area contributed by atoms with Crippen LogP contribution < -0.4 is 5.69 Å². The van der Waals surface area contributed by atoms with E-state index in [0.717, 1.165) is 63.3 Å². The number of likely N-dealkylation sites (tertiary alicyclic amines) is 2. The first kappa shape index (κ1) is 18.9. The quantitative estimate of drug-likeness (QED) is 0.874. The lowest BCUT2D eigenvalue weighted by atomic mass is 9.92. The van der Waals surface area contributed by atoms with Crippen molar-refractivity contribution in [2.75, 3.05) is 26.2 Å². The summed E-state index contributed by atoms with van der Waals surface area (Å²) in [5, 5.41) is 7.02. The Morgan fingerprint density at radius 1 is 1.07 bits per heavy atom. The Balaban J connectivity index is 1.37. The zero-order chi connectivity index (χ0) is 19.5. The van der Waals surface area contributed by atoms with E-state index in [1.165, 1.54) is 0 Å². The highest BCUT2D eigenvalue weighted by molar-refractivity contribution is 5.73. The summed E-state index contributed by atoms with van der Waals surface area (Å²) < 4.78 is 1.79. The van der Waals surface area contributed by atoms with Crippen LogP contribution in [0.3, 0.4) is 0 Å². The van der Waals surface area contributed by atoms with Crippen LogP contribution in [0.4, 0.5) is 0 Å². The molecule has 0 aliphatic carbocycles. The van der Waals surface area contributed by atoms with Crippen molar-refractivity contribution < 1.29 is 4.79 Å². The average molecular weight is 383 g/mol. The van der Waals surface area contributed by atoms with Gasteiger partial charge in [-0.3, -0.25) is 9.36 Å². The third-order valence-electron chi connectivity index (χ3n) is 6.29. The second-order valence-corrected chi connectivity index (χ2v) is 8.01. The maximum Gasteiger partial charge on any atom is 0.343 e. The summed E-state index contributed by atoms with van der Waals surface area (Å²) in [6.07, 6.45) is 4.16. The van der Waals surface area contributed by atoms with Crippen molar-refractivity contribution in [1.82, 2.24) is 24.6 Å². The highest BCUT2D eigenvalue weighted by Crippen LogP contribution is 2.29. The summed E-state index contributed by atoms with van der Waals surface area (Å²) in [7, 11) is 0. The van der Waals surface area contributed by atoms with Crippen LogP contribution in [-0.4, -0.2) is 62.7 Å². The highest BCUT2D eigenvalue weighted by Gasteiger charge is 2.31. The van der Waals surface area contributed by atoms with E-state index >= 15 is 0 Å². The van der Waals surface area contributed by atoms with Gasteiger partial charge in [-0.2, -0.15) is 5.10 Å². The van der Waals surface area contributed by atoms with Gasteiger partial charge < -0.3 is 9.80 Å². The summed E-state index contributed by atoms with van der Waals surface area (Å²) >= 11 is 0. The van der Waals surface area contributed by atoms with Crippen molar-refractivity contribution >= 4 is 5.91 Å². The number of carbonyl (C=O) groups excluding carboxylic acids is 1. The molecule has 0 unspecified atom stereocenters. The van der Waals surface area contributed by atoms with Crippen LogP contribution in [0.5, 0.6) is 0 Å². The number of aromatic nitrogens is 3. The second kappa shape index (κ2) is 8.31. The second-order valence-electron chi connectivity index (χ2n) is 8.01. The summed E-state index contributed by atoms with van der Waals surface area (Å²) in [5.74, 6) is 1.39. The predicted molar refractivity (Wildman–Crippen MR) is 107 cm³/mol. The minimum atomic E-state index is -0.127. The van der Waals surface area contributed by atoms with E-state index in [9.17, 15) is 9.59 Å². The summed E-state index contributed by atoms with van der Waals surface area (Å²) in [6, 6.07) is 10.6. The maximum absolute atomic E-state index is 12.3. The molecule has 0 atom stereocenters. The summed E-state index contributed by atoms with van der Waals surface area (Å²) in [4.78, 5) is 28.3. The van der Waals surface area contributed by atoms with E-state index in [1.807, 2.05) is 35.2 Å². The van der Waals surface area contributed by atoms with Gasteiger partial charge in [0.05, 0.1) is 6.54 Å². The predicted octanol–water partition coefficient (Wildman–Crippen LogP) is 1.81. The van der Waals surface area contributed by atoms with Crippen molar-refractivity contribution in [2.45, 2.75) is 51.1 Å². The minimum Gasteiger partial charge on any atom is -0.343 e. The zero-order valence-electron chi connectivity index (χ0n) is 16.5. The number of aromatic amines is 1. The number of amides is 1. The molecule has 28 heavy (non-hydrogen) atoms. The molecule has 1 aromatic heterocycles. The number of hydrogen-bond acceptors (Lipinski definition) is 4. The molecule has 2 aliphatic heterocycles. The minimum absolute atomic E-state index is 0.127. The Kier molecular flexibility index (Phi) is 5.62. The molecule has 0 bridgehead atoms. The number of rotatable bonds is 4. The number of nitrogens with zero attached hydrogens (tertiary/aromatic N) is 4. The van der Waals surface area contributed by atoms with Gasteiger partial charge in [-0.1, -0.05) is 30.3 Å². The first-order chi connectivity index (χ1) is 13.6. The first-order valence-electron chi connectivity index (χ1n) is 10.3. The molecule has 7 nitrogen and oxygen atoms in total. The van der Waals surface area contributed by atoms with Crippen molar-refractivity contribution in [2.24, 2.45) is 0 Å². The van der Waals surface area contributed by atoms with Crippen LogP contribution in [0.2, 0.25) is 0 Å². The largest absolute Gasteiger partial charge is 0.343 e. The van der Waals surface area contributed by atoms with Crippen molar-refractivity contribution in [3.63, 3.8) is 0 Å². The van der Waals surface area contributed by atoms with Crippen LogP contribution >= 0.6 is 0 Å². The SMILES string of the molecule is CC(=O)N1CCC(N2CCC(c3n[nH]c(=O)n3Cc3ccccc3)CC2)CC1. The molecule has 150 valence electrons. The van der Waals surface area contributed by atoms with Gasteiger partial charge in [0, 0.05) is 32.0 Å². The molecule has 1 amide bonds. The molecule has 0 saturated carbocycles. The monoisotopic (exact) mass is 383 g/mol. The van der Waals surface area contributed by atoms with Gasteiger partial charge in [-0.25, -0.2) is 9.89 Å². The molecule has 4 rings (SSSR count). The van der Waals surface area contributed by atoms with E-state index in [-0.39, 0.29) is 11.6 Å². The van der Waals surface area contributed by atoms with Crippen molar-refractivity contribution in [1.29, 1.82) is 0 Å². The number of nitrogens with one attached hydrogen (secondary N) is 1. The van der Waals surface area contributed by atoms with Gasteiger partial charge in [0.2, 0.25) is 5.91 Å². The van der Waals surface area contributed by atoms with Crippen LogP contribution in [-0.2, 0) is 11.3 Å². The third-order valence-corrected chi connectivity index (χ3v) is 6.29. The van der Waals surface area contributed by atoms with Gasteiger partial charge in [0.25, 0.3) is 0 Å². The lowest BCUT2D eigenvalue weighted by Gasteiger charge is -2.41. The van der Waals surface area contributed by atoms with Crippen LogP contribution in [0, 0.1) is 0 Å². The summed E-state index contributed by atoms with van der Waals surface area (Å²) in [5.41, 5.74) is 0.986. The van der Waals surface area contributed by atoms with E-state index in [0.29, 0.717) is 18.5 Å². The topological polar surface area (TPSA) is 74.2 Å². The zero-order valence-corrected chi connectivity index (χ0v) is 16.5. The van der Waals surface area contributed by atoms with Gasteiger partial charge in [-0.05, 0) is 44.3 Å². The highest BCUT2D eigenvalue weighted by atomic mass is 16.2. The van der Waals surface area contributed by atoms with Gasteiger partial charge in [-0.15, -0.1) is 0 Å². The Morgan fingerprint density at radius 3 is 2.39 bits per heavy atom. The fourth-order valence-corrected chi connectivity index (χ4v) is 4.63. The number of hydrogen-bond donors (Lipinski definition) is 1. The van der Waals surface area contributed by atoms with Crippen LogP contribution in [0.25, 0.3) is 0 Å². The number of carbonyl (C=O) groups is 1. The molecule has 2 aromatic rings. The van der Waals surface area contributed by atoms with E-state index in [2.05, 4.69) is 15.1 Å². The van der Waals surface area contributed by atoms with E-state index in [1.54, 1.807) is 11.5 Å². The van der Waals surface area contributed by atoms with Crippen molar-refractivity contribution in [3.8, 4) is 0 Å². The Morgan fingerprint density at radius 2 is 1.75 bits per heavy atom. The summed E-state index contributed by atoms with van der Waals surface area (Å²) in [6.45, 7) is 6.02. The molecular weight excluding hydrogens is 354 g/mol. The third kappa shape index (κ3) is 4.04. The molecule has 2 fully saturated rings. The lowest BCUT2D eigenvalue weighted by Crippen LogP contribution is -2.48. The molecular formula is C21H29N5O2. The Bertz CT molecular complexity index is 843. The van der Waals surface area contributed by atoms with E-state index in [4.69, 9.17) is 0 Å². The van der Waals surface area contributed by atoms with Gasteiger partial charge >= 0.3 is 5.69 Å². The molecule has 2 saturated heterocycles. The molecule has 7 heteroatoms. The van der Waals surface area contributed by atoms with Crippen LogP contribution in [0.15, 0.2) is 35.1 Å². The smallest absolute Gasteiger partial charge is 0.343 e. The fourth-order valence-electron chi connectivity index (χ4n) is 4.63. The molecule has 0 radical (unpaired) electrons. The Hall–Kier alpha value is -2.41. The molecule has 1 aromatic carbocycles. The standard InChI is InChI=1S/C21H29N5O2/c1-16(27)24-13-9-19(10-14-24)25-11-7-18(8-12-25)20-22-23-21(28)26(20)15-17-5-3-2-4-6-17/h2-6,18-19H,7-15H2,1H3,(H,23,28). The normalized spacial score (nSPS) is 19.8. The molecule has 3 heterocycles. The van der Waals surface area contributed by atoms with Crippen molar-refractivity contribution in [3.05, 3.63) is 52.2 Å². The number of piperidine rings is 2. The average Bonchev–Trinajstić information content (AvgIpc) is 3.09. The first-order valence-corrected chi connectivity index (χ1v) is 10.3. The Labute approximate surface area is 165 Å². The number of benzene rings is 1. The van der Waals surface area contributed by atoms with E-state index < -0.39 is 0 Å². The lowest BCUT2D eigenvalue weighted by molar-refractivity contribution is -0.130. The molecule has 0 spiro atoms.